The number of anilines is 15. The summed E-state index contributed by atoms with van der Waals surface area (Å²) in [6.45, 7) is 30.4. The number of hydrogen-bond acceptors (Lipinski definition) is 28. The van der Waals surface area contributed by atoms with Crippen molar-refractivity contribution in [1.82, 2.24) is 64.5 Å². The van der Waals surface area contributed by atoms with Gasteiger partial charge in [-0.05, 0) is 201 Å². The molecule has 6 N–H and O–H groups in total. The number of nitrogens with zero attached hydrogens (tertiary/aromatic N) is 16. The summed E-state index contributed by atoms with van der Waals surface area (Å²) < 4.78 is 57.5. The van der Waals surface area contributed by atoms with E-state index in [4.69, 9.17) is 54.0 Å². The monoisotopic (exact) mass is 1840 g/mol. The molecule has 7 aromatic carbocycles. The van der Waals surface area contributed by atoms with E-state index in [0.29, 0.717) is 123 Å². The highest BCUT2D eigenvalue weighted by Crippen LogP contribution is 2.49. The predicted molar refractivity (Wildman–Crippen MR) is 529 cm³/mol. The van der Waals surface area contributed by atoms with E-state index in [0.717, 1.165) is 127 Å². The average molecular weight is 1850 g/mol. The maximum atomic E-state index is 13.4. The highest BCUT2D eigenvalue weighted by Gasteiger charge is 2.45. The minimum absolute atomic E-state index is 0.326. The van der Waals surface area contributed by atoms with Crippen LogP contribution in [0.3, 0.4) is 0 Å². The maximum Gasteiger partial charge on any atom is 0.229 e. The number of hydrogen-bond donors (Lipinski definition) is 6. The number of benzene rings is 7. The first-order valence-electron chi connectivity index (χ1n) is 43.4. The zero-order chi connectivity index (χ0) is 90.1. The number of pyridine rings is 1. The van der Waals surface area contributed by atoms with Crippen molar-refractivity contribution in [3.05, 3.63) is 179 Å². The number of ether oxygens (including phenoxy) is 3. The third-order valence-corrected chi connectivity index (χ3v) is 30.9. The summed E-state index contributed by atoms with van der Waals surface area (Å²) in [7, 11) is 3.52. The number of likely N-dealkylation sites (N-methyl/N-ethyl adjacent to an activating group) is 1. The molecule has 6 aliphatic heterocycles. The first kappa shape index (κ1) is 91.1. The highest BCUT2D eigenvalue weighted by molar-refractivity contribution is 7.71. The van der Waals surface area contributed by atoms with Crippen LogP contribution < -0.4 is 76.7 Å². The fourth-order valence-electron chi connectivity index (χ4n) is 19.2. The molecular formula is C94H114Cl3N22O6P3. The van der Waals surface area contributed by atoms with Crippen LogP contribution in [0.25, 0.3) is 32.7 Å². The van der Waals surface area contributed by atoms with Gasteiger partial charge < -0.3 is 89.2 Å². The Hall–Kier alpha value is -10.2. The minimum atomic E-state index is -2.75. The third-order valence-electron chi connectivity index (χ3n) is 25.5. The zero-order valence-corrected chi connectivity index (χ0v) is 80.2. The lowest BCUT2D eigenvalue weighted by Crippen LogP contribution is -2.58. The highest BCUT2D eigenvalue weighted by atomic mass is 35.5. The molecule has 34 heteroatoms. The Balaban J connectivity index is 0.000000141. The Labute approximate surface area is 764 Å². The lowest BCUT2D eigenvalue weighted by molar-refractivity contribution is 0.00124. The number of aryl methyl sites for hydroxylation is 2. The standard InChI is InChI=1S/C32H40ClN8O2P.C32H38ClN6O2P.C30H36ClN8O2P/c1-39-16-18-41(19-17-39)23-11-14-40(15-12-23)24-8-10-26(28(20-24)43-2)37-32-35-21-25(33)31(38-32)36-27-9-7-22-6-5-13-34-29(22)30(27)44(3,4)42;1-21-16-26(28(41-3)17-27(21)39-14-12-32(13-15-39)19-38(2)20-32)36-31-34-18-24(33)30(37-31)35-25-11-10-22-8-6-7-9-23(22)29(25)42(4,5)40;1-19-14-23(25(41-3)15-24(19)39-12-8-30(9-13-39)17-38(2)18-30)36-29-34-16-20(31)28(37-29)35-22-7-6-21-26(33-11-10-32-21)27(22)42(4,5)40/h5-10,13,20-21,23H,11-12,14-19H2,1-4H3,(H2,35,36,37,38);6-11,16-18H,12-15,19-20H2,1-5H3,(H2,34,35,36,37);6-7,10-11,14-16H,8-9,12-13,17-18H2,1-5H3,(H2,34,35,36,37). The van der Waals surface area contributed by atoms with Gasteiger partial charge in [0.1, 0.15) is 59.3 Å². The Morgan fingerprint density at radius 3 is 1.30 bits per heavy atom. The second-order valence-corrected chi connectivity index (χ2v) is 46.7. The second kappa shape index (κ2) is 38.1. The SMILES string of the molecule is COc1cc(N2CCC(N3CCN(C)CC3)CC2)ccc1Nc1ncc(Cl)c(Nc2ccc3cccnc3c2P(C)(C)=O)n1.COc1cc(N2CCC3(CC2)CN(C)C3)c(C)cc1Nc1ncc(Cl)c(Nc2ccc3ccccc3c2P(C)(C)=O)n1.COc1cc(N2CCC3(CC2)CN(C)C3)c(C)cc1Nc1ncc(Cl)c(Nc2ccc3nccnc3c2P(C)(C)=O)n1. The topological polar surface area (TPSA) is 290 Å². The normalized spacial score (nSPS) is 17.0. The van der Waals surface area contributed by atoms with Crippen molar-refractivity contribution >= 4 is 191 Å². The Kier molecular flexibility index (Phi) is 27.1. The fraction of sp³-hybridized carbons (Fsp3) is 0.394. The molecule has 2 spiro atoms. The summed E-state index contributed by atoms with van der Waals surface area (Å²) in [5.74, 6) is 4.42. The molecular weight excluding hydrogens is 1730 g/mol. The van der Waals surface area contributed by atoms with Crippen LogP contribution in [-0.4, -0.2) is 245 Å². The van der Waals surface area contributed by atoms with Gasteiger partial charge in [0, 0.05) is 162 Å². The maximum absolute atomic E-state index is 13.4. The van der Waals surface area contributed by atoms with Crippen molar-refractivity contribution in [1.29, 1.82) is 0 Å². The number of methoxy groups -OCH3 is 3. The molecule has 0 radical (unpaired) electrons. The molecule has 12 aromatic rings. The molecule has 0 amide bonds. The van der Waals surface area contributed by atoms with Gasteiger partial charge in [-0.2, -0.15) is 15.0 Å². The van der Waals surface area contributed by atoms with Crippen LogP contribution in [0.15, 0.2) is 152 Å². The van der Waals surface area contributed by atoms with Gasteiger partial charge >= 0.3 is 0 Å². The molecule has 0 aliphatic carbocycles. The molecule has 0 unspecified atom stereocenters. The molecule has 28 nitrogen and oxygen atoms in total. The third kappa shape index (κ3) is 20.4. The van der Waals surface area contributed by atoms with E-state index >= 15 is 0 Å². The van der Waals surface area contributed by atoms with Gasteiger partial charge in [0.15, 0.2) is 17.5 Å². The Morgan fingerprint density at radius 2 is 0.820 bits per heavy atom. The van der Waals surface area contributed by atoms with E-state index < -0.39 is 21.4 Å². The molecule has 11 heterocycles. The van der Waals surface area contributed by atoms with Gasteiger partial charge in [0.25, 0.3) is 0 Å². The molecule has 6 aliphatic rings. The number of likely N-dealkylation sites (tertiary alicyclic amines) is 2. The van der Waals surface area contributed by atoms with Crippen LogP contribution in [-0.2, 0) is 13.7 Å². The van der Waals surface area contributed by atoms with Crippen LogP contribution in [0.4, 0.5) is 86.5 Å². The molecule has 672 valence electrons. The number of piperidine rings is 3. The molecule has 0 saturated carbocycles. The fourth-order valence-corrected chi connectivity index (χ4v) is 23.9. The number of piperazine rings is 1. The summed E-state index contributed by atoms with van der Waals surface area (Å²) >= 11 is 19.6. The first-order valence-corrected chi connectivity index (χ1v) is 52.3. The van der Waals surface area contributed by atoms with Gasteiger partial charge in [-0.3, -0.25) is 19.9 Å². The Morgan fingerprint density at radius 1 is 0.398 bits per heavy atom. The number of rotatable bonds is 22. The van der Waals surface area contributed by atoms with Crippen molar-refractivity contribution < 1.29 is 27.9 Å². The Bertz CT molecular complexity index is 6000. The average Bonchev–Trinajstić information content (AvgIpc) is 0.798. The van der Waals surface area contributed by atoms with Gasteiger partial charge in [-0.15, -0.1) is 0 Å². The molecule has 128 heavy (non-hydrogen) atoms. The molecule has 0 bridgehead atoms. The van der Waals surface area contributed by atoms with Crippen molar-refractivity contribution in [3.63, 3.8) is 0 Å². The van der Waals surface area contributed by atoms with E-state index in [1.54, 1.807) is 92.3 Å². The van der Waals surface area contributed by atoms with E-state index in [9.17, 15) is 13.7 Å². The van der Waals surface area contributed by atoms with Gasteiger partial charge in [-0.1, -0.05) is 77.3 Å². The molecule has 6 fully saturated rings. The lowest BCUT2D eigenvalue weighted by atomic mass is 9.72. The largest absolute Gasteiger partial charge is 0.494 e. The van der Waals surface area contributed by atoms with Crippen molar-refractivity contribution in [3.8, 4) is 17.2 Å². The summed E-state index contributed by atoms with van der Waals surface area (Å²) in [6, 6.07) is 38.4. The molecule has 18 rings (SSSR count). The van der Waals surface area contributed by atoms with E-state index in [1.807, 2.05) is 78.9 Å². The van der Waals surface area contributed by atoms with Gasteiger partial charge in [0.05, 0.1) is 95.7 Å². The predicted octanol–water partition coefficient (Wildman–Crippen LogP) is 18.2. The quantitative estimate of drug-likeness (QED) is 0.0344. The van der Waals surface area contributed by atoms with Crippen molar-refractivity contribution in [2.24, 2.45) is 10.8 Å². The second-order valence-electron chi connectivity index (χ2n) is 36.0. The van der Waals surface area contributed by atoms with E-state index in [1.165, 1.54) is 82.3 Å². The minimum Gasteiger partial charge on any atom is -0.494 e. The summed E-state index contributed by atoms with van der Waals surface area (Å²) in [5, 5.41) is 25.8. The molecule has 0 atom stereocenters. The van der Waals surface area contributed by atoms with Gasteiger partial charge in [0.2, 0.25) is 17.8 Å². The zero-order valence-electron chi connectivity index (χ0n) is 75.2. The summed E-state index contributed by atoms with van der Waals surface area (Å²) in [6.07, 6.45) is 16.8. The molecule has 5 aromatic heterocycles. The number of halogens is 3. The number of nitrogens with one attached hydrogen (secondary N) is 6. The molecule has 6 saturated heterocycles. The van der Waals surface area contributed by atoms with Crippen LogP contribution in [0, 0.1) is 24.7 Å². The van der Waals surface area contributed by atoms with Crippen molar-refractivity contribution in [2.45, 2.75) is 58.4 Å². The van der Waals surface area contributed by atoms with E-state index in [-0.39, 0.29) is 0 Å². The van der Waals surface area contributed by atoms with E-state index in [2.05, 4.69) is 177 Å². The summed E-state index contributed by atoms with van der Waals surface area (Å²) in [4.78, 5) is 57.9. The smallest absolute Gasteiger partial charge is 0.229 e. The van der Waals surface area contributed by atoms with Crippen molar-refractivity contribution in [2.75, 3.05) is 221 Å². The first-order chi connectivity index (χ1) is 61.3. The van der Waals surface area contributed by atoms with Crippen LogP contribution in [0.2, 0.25) is 15.1 Å². The van der Waals surface area contributed by atoms with Crippen LogP contribution in [0.1, 0.15) is 49.7 Å². The summed E-state index contributed by atoms with van der Waals surface area (Å²) in [5.41, 5.74) is 13.0. The van der Waals surface area contributed by atoms with Crippen LogP contribution in [0.5, 0.6) is 17.2 Å². The lowest BCUT2D eigenvalue weighted by Gasteiger charge is -2.53. The number of aromatic nitrogens is 9. The van der Waals surface area contributed by atoms with Gasteiger partial charge in [-0.25, -0.2) is 15.0 Å². The number of fused-ring (bicyclic) bond motifs is 3. The van der Waals surface area contributed by atoms with Crippen LogP contribution >= 0.6 is 56.2 Å².